The molecule has 9 rings (SSSR count). The van der Waals surface area contributed by atoms with Crippen LogP contribution in [0.15, 0.2) is 23.3 Å². The van der Waals surface area contributed by atoms with Gasteiger partial charge in [0.25, 0.3) is 0 Å². The first-order chi connectivity index (χ1) is 36.1. The molecular weight excluding hydrogens is 977 g/mol. The first kappa shape index (κ1) is 74.9. The van der Waals surface area contributed by atoms with E-state index in [2.05, 4.69) is 53.7 Å². The molecule has 16 atom stereocenters. The van der Waals surface area contributed by atoms with Crippen molar-refractivity contribution >= 4 is 158 Å². The van der Waals surface area contributed by atoms with Crippen molar-refractivity contribution in [2.24, 2.45) is 80.8 Å². The molecule has 0 aromatic rings. The van der Waals surface area contributed by atoms with Gasteiger partial charge in [0.1, 0.15) is 0 Å². The number of carboxylic acids is 2. The summed E-state index contributed by atoms with van der Waals surface area (Å²) < 4.78 is 4.94. The van der Waals surface area contributed by atoms with Crippen LogP contribution in [-0.4, -0.2) is 204 Å². The summed E-state index contributed by atoms with van der Waals surface area (Å²) in [5, 5.41) is 38.5. The van der Waals surface area contributed by atoms with Gasteiger partial charge >= 0.3 is 30.8 Å². The van der Waals surface area contributed by atoms with E-state index >= 15 is 0 Å². The molecule has 0 spiro atoms. The summed E-state index contributed by atoms with van der Waals surface area (Å²) in [7, 11) is 56.7. The Labute approximate surface area is 528 Å². The topological polar surface area (TPSA) is 124 Å². The van der Waals surface area contributed by atoms with Crippen LogP contribution in [0.4, 0.5) is 0 Å². The molecule has 404 valence electrons. The van der Waals surface area contributed by atoms with Crippen LogP contribution >= 0.6 is 0 Å². The molecule has 27 heteroatoms. The van der Waals surface area contributed by atoms with E-state index in [1.807, 2.05) is 0 Å². The molecule has 1 aliphatic heterocycles. The minimum absolute atomic E-state index is 0. The molecule has 9 aliphatic rings. The SMILES string of the molecule is C.C1CCOC1.C[C@H](CCC(=O)O)[C@H]1CCC2C3CC=C4C[C@@H](O)CC[C@]4(C)C3CC[C@@]21C.C[C@H](CCC(=O)O)[C@H]1CCC2C3CC=C4C[C@@H](O)CC[C@]4(C)C3CC[C@@]21C.[AlH3].[B]B([B])B(B([B])[B])B(B([B])[B])B(B([B])[B])B([B])[B].[H-].[Li+]. The van der Waals surface area contributed by atoms with E-state index in [1.165, 1.54) is 77.0 Å². The molecular formula is C53H92AlB18LiO7. The molecule has 0 bridgehead atoms. The monoisotopic (exact) mass is 1070 g/mol. The van der Waals surface area contributed by atoms with E-state index in [0.29, 0.717) is 58.2 Å². The maximum atomic E-state index is 11.0. The second-order valence-electron chi connectivity index (χ2n) is 27.5. The van der Waals surface area contributed by atoms with Crippen LogP contribution in [-0.2, 0) is 14.3 Å². The summed E-state index contributed by atoms with van der Waals surface area (Å²) >= 11 is 0. The van der Waals surface area contributed by atoms with E-state index in [0.717, 1.165) is 100 Å². The van der Waals surface area contributed by atoms with Crippen molar-refractivity contribution in [2.45, 2.75) is 202 Å². The summed E-state index contributed by atoms with van der Waals surface area (Å²) in [5.41, 5.74) is 4.53. The summed E-state index contributed by atoms with van der Waals surface area (Å²) in [5.74, 6) is 5.88. The van der Waals surface area contributed by atoms with Gasteiger partial charge in [-0.15, -0.1) is 0 Å². The molecule has 1 heterocycles. The van der Waals surface area contributed by atoms with Crippen LogP contribution in [0.5, 0.6) is 0 Å². The maximum Gasteiger partial charge on any atom is 1.00 e. The molecule has 7 nitrogen and oxygen atoms in total. The third-order valence-electron chi connectivity index (χ3n) is 23.2. The number of fused-ring (bicyclic) bond motifs is 10. The first-order valence-corrected chi connectivity index (χ1v) is 30.4. The van der Waals surface area contributed by atoms with Gasteiger partial charge in [-0.25, -0.2) is 0 Å². The number of rotatable bonds is 15. The zero-order valence-electron chi connectivity index (χ0n) is 50.5. The minimum Gasteiger partial charge on any atom is -1.00 e. The molecule has 80 heavy (non-hydrogen) atoms. The van der Waals surface area contributed by atoms with Gasteiger partial charge in [-0.3, -0.25) is 9.59 Å². The average Bonchev–Trinajstić information content (AvgIpc) is 4.13. The quantitative estimate of drug-likeness (QED) is 0.145. The van der Waals surface area contributed by atoms with Crippen LogP contribution in [0, 0.1) is 80.8 Å². The van der Waals surface area contributed by atoms with Crippen LogP contribution in [0.2, 0.25) is 0 Å². The van der Waals surface area contributed by atoms with Gasteiger partial charge in [0, 0.05) is 155 Å². The summed E-state index contributed by atoms with van der Waals surface area (Å²) in [6.45, 7) is 16.7. The molecule has 0 amide bonds. The first-order valence-electron chi connectivity index (χ1n) is 30.4. The number of carbonyl (C=O) groups is 2. The summed E-state index contributed by atoms with van der Waals surface area (Å²) in [6.07, 6.45) is 22.6. The summed E-state index contributed by atoms with van der Waals surface area (Å²) in [4.78, 5) is 22.1. The van der Waals surface area contributed by atoms with Crippen molar-refractivity contribution in [3.05, 3.63) is 23.3 Å². The third-order valence-corrected chi connectivity index (χ3v) is 23.2. The number of hydrogen-bond donors (Lipinski definition) is 4. The molecule has 0 aromatic heterocycles. The van der Waals surface area contributed by atoms with Crippen molar-refractivity contribution in [3.63, 3.8) is 0 Å². The largest absolute Gasteiger partial charge is 1.00 e. The number of aliphatic carboxylic acids is 2. The maximum absolute atomic E-state index is 11.0. The fourth-order valence-electron chi connectivity index (χ4n) is 19.2. The number of aliphatic hydroxyl groups is 2. The average molecular weight is 1070 g/mol. The van der Waals surface area contributed by atoms with Crippen molar-refractivity contribution in [1.29, 1.82) is 0 Å². The van der Waals surface area contributed by atoms with Crippen LogP contribution in [0.25, 0.3) is 0 Å². The zero-order valence-corrected chi connectivity index (χ0v) is 49.5. The predicted molar refractivity (Wildman–Crippen MR) is 356 cm³/mol. The number of hydrogen-bond acceptors (Lipinski definition) is 5. The Hall–Kier alpha value is 0.599. The van der Waals surface area contributed by atoms with Gasteiger partial charge in [-0.05, 0) is 209 Å². The molecule has 0 aromatic carbocycles. The third kappa shape index (κ3) is 16.8. The van der Waals surface area contributed by atoms with Gasteiger partial charge in [0.2, 0.25) is 0 Å². The Bertz CT molecular complexity index is 1870. The Morgan fingerprint density at radius 1 is 0.562 bits per heavy atom. The normalized spacial score (nSPS) is 35.5. The minimum atomic E-state index is -0.853. The number of ether oxygens (including phenoxy) is 1. The second kappa shape index (κ2) is 32.2. The number of allylic oxidation sites excluding steroid dienone is 2. The second-order valence-corrected chi connectivity index (χ2v) is 27.5. The fourth-order valence-corrected chi connectivity index (χ4v) is 19.2. The van der Waals surface area contributed by atoms with E-state index in [-0.39, 0.29) is 57.3 Å². The fraction of sp³-hybridized carbons (Fsp3) is 0.887. The molecule has 20 radical (unpaired) electrons. The van der Waals surface area contributed by atoms with E-state index in [4.69, 9.17) is 92.3 Å². The molecule has 7 fully saturated rings. The van der Waals surface area contributed by atoms with Crippen LogP contribution in [0.1, 0.15) is 192 Å². The van der Waals surface area contributed by atoms with Crippen molar-refractivity contribution in [1.82, 2.24) is 0 Å². The van der Waals surface area contributed by atoms with Gasteiger partial charge in [0.15, 0.2) is 17.4 Å². The number of carboxylic acid groups (broad SMARTS) is 2. The Kier molecular flexibility index (Phi) is 30.1. The van der Waals surface area contributed by atoms with Gasteiger partial charge in [-0.1, -0.05) is 72.3 Å². The van der Waals surface area contributed by atoms with E-state index in [9.17, 15) is 19.8 Å². The molecule has 4 N–H and O–H groups in total. The van der Waals surface area contributed by atoms with Crippen molar-refractivity contribution in [2.75, 3.05) is 13.2 Å². The van der Waals surface area contributed by atoms with E-state index in [1.54, 1.807) is 11.1 Å². The molecule has 6 unspecified atom stereocenters. The van der Waals surface area contributed by atoms with E-state index < -0.39 is 63.0 Å². The standard InChI is InChI=1S/2C24H38O3.C4H8O.CH4.Al.B18.Li.4H/c2*1-15(4-9-22(26)27)19-7-8-20-18-6-5-16-14-17(25)10-12-23(16,2)21(18)11-13-24(19,20)3;1-2-4-5-3-1;;;1-11(2)16(12(3)4)18(15(9)10)17(13(5)6)14(7)8;;;;;/h2*5,15,17-21,25H,4,6-14H2,1-3H3,(H,26,27);1-4H2;1H4;;;;;;;/q;;;;;;+1;;;;-1/t2*15-,17+,18?,19-,20?,21?,23+,24-;;;;;;;;;/m11........./s1. The van der Waals surface area contributed by atoms with Gasteiger partial charge in [0.05, 0.1) is 12.2 Å². The molecule has 8 aliphatic carbocycles. The number of aliphatic hydroxyl groups excluding tert-OH is 2. The Balaban J connectivity index is 0.000000395. The van der Waals surface area contributed by atoms with Gasteiger partial charge < -0.3 is 26.6 Å². The molecule has 6 saturated carbocycles. The van der Waals surface area contributed by atoms with Crippen molar-refractivity contribution in [3.8, 4) is 0 Å². The Morgan fingerprint density at radius 3 is 1.19 bits per heavy atom. The van der Waals surface area contributed by atoms with Crippen LogP contribution < -0.4 is 18.9 Å². The zero-order chi connectivity index (χ0) is 56.9. The predicted octanol–water partition coefficient (Wildman–Crippen LogP) is 1.37. The van der Waals surface area contributed by atoms with Gasteiger partial charge in [-0.2, -0.15) is 0 Å². The smallest absolute Gasteiger partial charge is 1.00 e. The molecule has 1 saturated heterocycles. The Morgan fingerprint density at radius 2 is 0.900 bits per heavy atom. The van der Waals surface area contributed by atoms with Crippen molar-refractivity contribution < 1.29 is 55.0 Å². The summed E-state index contributed by atoms with van der Waals surface area (Å²) in [6, 6.07) is 0. The van der Waals surface area contributed by atoms with Crippen LogP contribution in [0.3, 0.4) is 0 Å².